The van der Waals surface area contributed by atoms with Crippen molar-refractivity contribution in [3.05, 3.63) is 29.6 Å². The SMILES string of the molecule is CCCCCN(C)c1cccc(F)c1C(N)=S. The van der Waals surface area contributed by atoms with Gasteiger partial charge < -0.3 is 10.6 Å². The molecule has 0 amide bonds. The Morgan fingerprint density at radius 1 is 1.41 bits per heavy atom. The minimum Gasteiger partial charge on any atom is -0.389 e. The van der Waals surface area contributed by atoms with E-state index in [0.717, 1.165) is 18.7 Å². The van der Waals surface area contributed by atoms with Gasteiger partial charge >= 0.3 is 0 Å². The fourth-order valence-corrected chi connectivity index (χ4v) is 2.00. The van der Waals surface area contributed by atoms with Gasteiger partial charge in [0.1, 0.15) is 10.8 Å². The van der Waals surface area contributed by atoms with E-state index >= 15 is 0 Å². The average Bonchev–Trinajstić information content (AvgIpc) is 2.28. The number of halogens is 1. The van der Waals surface area contributed by atoms with E-state index in [2.05, 4.69) is 6.92 Å². The van der Waals surface area contributed by atoms with Gasteiger partial charge in [0.25, 0.3) is 0 Å². The van der Waals surface area contributed by atoms with E-state index in [9.17, 15) is 4.39 Å². The Hall–Kier alpha value is -1.16. The van der Waals surface area contributed by atoms with E-state index in [1.54, 1.807) is 6.07 Å². The van der Waals surface area contributed by atoms with Gasteiger partial charge in [-0.25, -0.2) is 4.39 Å². The number of hydrogen-bond acceptors (Lipinski definition) is 2. The molecule has 0 unspecified atom stereocenters. The van der Waals surface area contributed by atoms with Crippen LogP contribution in [0.25, 0.3) is 0 Å². The van der Waals surface area contributed by atoms with Gasteiger partial charge in [-0.3, -0.25) is 0 Å². The highest BCUT2D eigenvalue weighted by atomic mass is 32.1. The Labute approximate surface area is 108 Å². The molecule has 0 heterocycles. The zero-order valence-corrected chi connectivity index (χ0v) is 11.2. The number of thiocarbonyl (C=S) groups is 1. The minimum atomic E-state index is -0.350. The van der Waals surface area contributed by atoms with Crippen LogP contribution in [0.5, 0.6) is 0 Å². The molecule has 0 aliphatic carbocycles. The zero-order chi connectivity index (χ0) is 12.8. The van der Waals surface area contributed by atoms with Gasteiger partial charge in [-0.2, -0.15) is 0 Å². The summed E-state index contributed by atoms with van der Waals surface area (Å²) in [4.78, 5) is 2.12. The zero-order valence-electron chi connectivity index (χ0n) is 10.4. The van der Waals surface area contributed by atoms with Crippen LogP contribution in [-0.2, 0) is 0 Å². The molecule has 2 N–H and O–H groups in total. The molecule has 2 nitrogen and oxygen atoms in total. The third kappa shape index (κ3) is 3.66. The lowest BCUT2D eigenvalue weighted by Crippen LogP contribution is -2.23. The lowest BCUT2D eigenvalue weighted by Gasteiger charge is -2.22. The van der Waals surface area contributed by atoms with Gasteiger partial charge in [0.2, 0.25) is 0 Å². The average molecular weight is 254 g/mol. The molecule has 0 spiro atoms. The maximum Gasteiger partial charge on any atom is 0.135 e. The van der Waals surface area contributed by atoms with Gasteiger partial charge in [0.15, 0.2) is 0 Å². The van der Waals surface area contributed by atoms with Gasteiger partial charge in [0, 0.05) is 19.3 Å². The van der Waals surface area contributed by atoms with Crippen molar-refractivity contribution in [1.82, 2.24) is 0 Å². The molecule has 0 radical (unpaired) electrons. The Bertz CT molecular complexity index is 393. The number of rotatable bonds is 6. The van der Waals surface area contributed by atoms with Crippen LogP contribution in [0.3, 0.4) is 0 Å². The fraction of sp³-hybridized carbons (Fsp3) is 0.462. The smallest absolute Gasteiger partial charge is 0.135 e. The summed E-state index contributed by atoms with van der Waals surface area (Å²) < 4.78 is 13.7. The molecule has 1 aromatic rings. The molecule has 0 saturated heterocycles. The van der Waals surface area contributed by atoms with Crippen molar-refractivity contribution in [1.29, 1.82) is 0 Å². The van der Waals surface area contributed by atoms with Crippen LogP contribution in [0.15, 0.2) is 18.2 Å². The number of benzene rings is 1. The molecule has 0 aliphatic heterocycles. The molecular formula is C13H19FN2S. The Kier molecular flexibility index (Phi) is 5.35. The van der Waals surface area contributed by atoms with Crippen LogP contribution in [0.1, 0.15) is 31.7 Å². The summed E-state index contributed by atoms with van der Waals surface area (Å²) in [5, 5.41) is 0. The van der Waals surface area contributed by atoms with Crippen molar-refractivity contribution in [2.24, 2.45) is 5.73 Å². The second kappa shape index (κ2) is 6.55. The normalized spacial score (nSPS) is 10.3. The minimum absolute atomic E-state index is 0.112. The molecule has 0 saturated carbocycles. The largest absolute Gasteiger partial charge is 0.389 e. The number of unbranched alkanes of at least 4 members (excludes halogenated alkanes) is 2. The number of nitrogens with two attached hydrogens (primary N) is 1. The molecule has 94 valence electrons. The van der Waals surface area contributed by atoms with E-state index in [-0.39, 0.29) is 10.8 Å². The van der Waals surface area contributed by atoms with Crippen molar-refractivity contribution < 1.29 is 4.39 Å². The Balaban J connectivity index is 2.89. The quantitative estimate of drug-likeness (QED) is 0.625. The molecule has 0 aromatic heterocycles. The summed E-state index contributed by atoms with van der Waals surface area (Å²) in [6.07, 6.45) is 3.42. The lowest BCUT2D eigenvalue weighted by atomic mass is 10.1. The third-order valence-electron chi connectivity index (χ3n) is 2.75. The number of anilines is 1. The van der Waals surface area contributed by atoms with Gasteiger partial charge in [0.05, 0.1) is 5.56 Å². The second-order valence-electron chi connectivity index (χ2n) is 4.13. The first kappa shape index (κ1) is 13.9. The molecule has 0 fully saturated rings. The van der Waals surface area contributed by atoms with Gasteiger partial charge in [-0.1, -0.05) is 38.0 Å². The molecule has 0 bridgehead atoms. The molecule has 4 heteroatoms. The highest BCUT2D eigenvalue weighted by molar-refractivity contribution is 7.80. The first-order chi connectivity index (χ1) is 8.07. The molecular weight excluding hydrogens is 235 g/mol. The molecule has 0 atom stereocenters. The first-order valence-electron chi connectivity index (χ1n) is 5.87. The fourth-order valence-electron chi connectivity index (χ4n) is 1.79. The third-order valence-corrected chi connectivity index (χ3v) is 2.95. The maximum atomic E-state index is 13.7. The predicted octanol–water partition coefficient (Wildman–Crippen LogP) is 3.09. The van der Waals surface area contributed by atoms with E-state index in [0.29, 0.717) is 5.56 Å². The van der Waals surface area contributed by atoms with Crippen LogP contribution >= 0.6 is 12.2 Å². The standard InChI is InChI=1S/C13H19FN2S/c1-3-4-5-9-16(2)11-8-6-7-10(14)12(11)13(15)17/h6-8H,3-5,9H2,1-2H3,(H2,15,17). The van der Waals surface area contributed by atoms with E-state index in [1.165, 1.54) is 18.9 Å². The van der Waals surface area contributed by atoms with Crippen LogP contribution in [0.4, 0.5) is 10.1 Å². The summed E-state index contributed by atoms with van der Waals surface area (Å²) in [5.41, 5.74) is 6.69. The van der Waals surface area contributed by atoms with Crippen molar-refractivity contribution in [3.63, 3.8) is 0 Å². The summed E-state index contributed by atoms with van der Waals surface area (Å²) in [5.74, 6) is -0.350. The van der Waals surface area contributed by atoms with Crippen molar-refractivity contribution in [3.8, 4) is 0 Å². The van der Waals surface area contributed by atoms with Crippen molar-refractivity contribution >= 4 is 22.9 Å². The topological polar surface area (TPSA) is 29.3 Å². The summed E-state index contributed by atoms with van der Waals surface area (Å²) in [6.45, 7) is 3.04. The van der Waals surface area contributed by atoms with Crippen LogP contribution in [-0.4, -0.2) is 18.6 Å². The van der Waals surface area contributed by atoms with E-state index < -0.39 is 0 Å². The van der Waals surface area contributed by atoms with Crippen molar-refractivity contribution in [2.45, 2.75) is 26.2 Å². The molecule has 17 heavy (non-hydrogen) atoms. The summed E-state index contributed by atoms with van der Waals surface area (Å²) in [6, 6.07) is 4.92. The Morgan fingerprint density at radius 3 is 2.71 bits per heavy atom. The highest BCUT2D eigenvalue weighted by Crippen LogP contribution is 2.22. The molecule has 0 aliphatic rings. The molecule has 1 aromatic carbocycles. The van der Waals surface area contributed by atoms with Crippen LogP contribution < -0.4 is 10.6 Å². The summed E-state index contributed by atoms with van der Waals surface area (Å²) in [7, 11) is 1.94. The van der Waals surface area contributed by atoms with Crippen LogP contribution in [0, 0.1) is 5.82 Å². The highest BCUT2D eigenvalue weighted by Gasteiger charge is 2.13. The van der Waals surface area contributed by atoms with Crippen molar-refractivity contribution in [2.75, 3.05) is 18.5 Å². The van der Waals surface area contributed by atoms with Gasteiger partial charge in [-0.05, 0) is 18.6 Å². The van der Waals surface area contributed by atoms with E-state index in [1.807, 2.05) is 18.0 Å². The number of nitrogens with zero attached hydrogens (tertiary/aromatic N) is 1. The lowest BCUT2D eigenvalue weighted by molar-refractivity contribution is 0.624. The summed E-state index contributed by atoms with van der Waals surface area (Å²) >= 11 is 4.90. The van der Waals surface area contributed by atoms with Gasteiger partial charge in [-0.15, -0.1) is 0 Å². The number of hydrogen-bond donors (Lipinski definition) is 1. The maximum absolute atomic E-state index is 13.7. The second-order valence-corrected chi connectivity index (χ2v) is 4.57. The van der Waals surface area contributed by atoms with Crippen LogP contribution in [0.2, 0.25) is 0 Å². The van der Waals surface area contributed by atoms with E-state index in [4.69, 9.17) is 18.0 Å². The first-order valence-corrected chi connectivity index (χ1v) is 6.28. The monoisotopic (exact) mass is 254 g/mol. The Morgan fingerprint density at radius 2 is 2.12 bits per heavy atom. The predicted molar refractivity (Wildman–Crippen MR) is 75.1 cm³/mol. The molecule has 1 rings (SSSR count).